The van der Waals surface area contributed by atoms with E-state index in [4.69, 9.17) is 21.1 Å². The largest absolute Gasteiger partial charge is 0.376 e. The third-order valence-electron chi connectivity index (χ3n) is 5.70. The van der Waals surface area contributed by atoms with Crippen LogP contribution in [0.4, 0.5) is 4.39 Å². The molecule has 0 radical (unpaired) electrons. The standard InChI is InChI=1S/C18H16ClFN4O2.C6H8N2/c1-9-10(2)22-18-16(21-9)15(12-4-3-11(19)7-13(12)20)23-17(24-18)14-8-25-5-6-26-14;1-4-7-8(5-1)6-2-3-6/h3-4,7,14H,5-6,8H2,1-2H3;1,4-6H,2-3H2. The van der Waals surface area contributed by atoms with Gasteiger partial charge in [0.15, 0.2) is 11.5 Å². The number of rotatable bonds is 3. The second kappa shape index (κ2) is 9.69. The SMILES string of the molecule is Cc1nc2nc(C3COCCO3)nc(-c3ccc(Cl)cc3F)c2nc1C.c1cnn(C2CC2)c1. The zero-order chi connectivity index (χ0) is 23.7. The van der Waals surface area contributed by atoms with E-state index in [2.05, 4.69) is 25.0 Å². The predicted octanol–water partition coefficient (Wildman–Crippen LogP) is 4.80. The van der Waals surface area contributed by atoms with Gasteiger partial charge < -0.3 is 9.47 Å². The summed E-state index contributed by atoms with van der Waals surface area (Å²) in [6.07, 6.45) is 6.07. The number of aromatic nitrogens is 6. The van der Waals surface area contributed by atoms with Crippen LogP contribution in [0.3, 0.4) is 0 Å². The predicted molar refractivity (Wildman–Crippen MR) is 125 cm³/mol. The summed E-state index contributed by atoms with van der Waals surface area (Å²) in [4.78, 5) is 18.1. The normalized spacial score (nSPS) is 17.9. The van der Waals surface area contributed by atoms with Gasteiger partial charge in [0, 0.05) is 23.0 Å². The molecule has 0 spiro atoms. The van der Waals surface area contributed by atoms with E-state index in [1.165, 1.54) is 18.9 Å². The summed E-state index contributed by atoms with van der Waals surface area (Å²) in [5, 5.41) is 4.41. The summed E-state index contributed by atoms with van der Waals surface area (Å²) in [6.45, 7) is 5.02. The summed E-state index contributed by atoms with van der Waals surface area (Å²) in [6, 6.07) is 7.16. The molecule has 8 nitrogen and oxygen atoms in total. The van der Waals surface area contributed by atoms with Crippen molar-refractivity contribution in [2.45, 2.75) is 38.8 Å². The number of fused-ring (bicyclic) bond motifs is 1. The molecule has 4 aromatic rings. The maximum Gasteiger partial charge on any atom is 0.182 e. The Morgan fingerprint density at radius 2 is 1.88 bits per heavy atom. The minimum Gasteiger partial charge on any atom is -0.376 e. The summed E-state index contributed by atoms with van der Waals surface area (Å²) in [5.74, 6) is -0.0802. The van der Waals surface area contributed by atoms with Crippen molar-refractivity contribution >= 4 is 22.8 Å². The maximum absolute atomic E-state index is 14.6. The van der Waals surface area contributed by atoms with Crippen molar-refractivity contribution in [3.63, 3.8) is 0 Å². The van der Waals surface area contributed by atoms with Crippen molar-refractivity contribution in [1.82, 2.24) is 29.7 Å². The second-order valence-corrected chi connectivity index (χ2v) is 8.71. The molecule has 1 saturated heterocycles. The van der Waals surface area contributed by atoms with Crippen LogP contribution in [0.1, 0.15) is 42.2 Å². The van der Waals surface area contributed by atoms with Gasteiger partial charge in [0.25, 0.3) is 0 Å². The first-order chi connectivity index (χ1) is 16.5. The number of nitrogens with zero attached hydrogens (tertiary/aromatic N) is 6. The summed E-state index contributed by atoms with van der Waals surface area (Å²) in [7, 11) is 0. The van der Waals surface area contributed by atoms with Gasteiger partial charge >= 0.3 is 0 Å². The molecule has 1 unspecified atom stereocenters. The third kappa shape index (κ3) is 4.91. The van der Waals surface area contributed by atoms with Crippen molar-refractivity contribution in [1.29, 1.82) is 0 Å². The lowest BCUT2D eigenvalue weighted by atomic mass is 10.1. The van der Waals surface area contributed by atoms with Crippen LogP contribution in [0, 0.1) is 19.7 Å². The van der Waals surface area contributed by atoms with Crippen molar-refractivity contribution in [3.8, 4) is 11.3 Å². The van der Waals surface area contributed by atoms with Gasteiger partial charge in [-0.1, -0.05) is 11.6 Å². The van der Waals surface area contributed by atoms with Crippen LogP contribution in [0.5, 0.6) is 0 Å². The monoisotopic (exact) mass is 482 g/mol. The highest BCUT2D eigenvalue weighted by Crippen LogP contribution is 2.33. The van der Waals surface area contributed by atoms with Crippen molar-refractivity contribution in [2.24, 2.45) is 0 Å². The van der Waals surface area contributed by atoms with E-state index in [1.807, 2.05) is 37.0 Å². The van der Waals surface area contributed by atoms with Gasteiger partial charge in [-0.25, -0.2) is 24.3 Å². The van der Waals surface area contributed by atoms with Gasteiger partial charge in [0.1, 0.15) is 23.1 Å². The number of halogens is 2. The number of aryl methyl sites for hydroxylation is 2. The summed E-state index contributed by atoms with van der Waals surface area (Å²) < 4.78 is 27.7. The summed E-state index contributed by atoms with van der Waals surface area (Å²) >= 11 is 5.88. The van der Waals surface area contributed by atoms with Crippen LogP contribution >= 0.6 is 11.6 Å². The molecule has 10 heteroatoms. The average molecular weight is 483 g/mol. The molecule has 0 bridgehead atoms. The second-order valence-electron chi connectivity index (χ2n) is 8.27. The van der Waals surface area contributed by atoms with Crippen LogP contribution in [0.25, 0.3) is 22.4 Å². The quantitative estimate of drug-likeness (QED) is 0.414. The molecule has 0 amide bonds. The van der Waals surface area contributed by atoms with Crippen LogP contribution in [0.15, 0.2) is 36.7 Å². The number of ether oxygens (including phenoxy) is 2. The first-order valence-corrected chi connectivity index (χ1v) is 11.5. The topological polar surface area (TPSA) is 87.8 Å². The fraction of sp³-hybridized carbons (Fsp3) is 0.375. The Kier molecular flexibility index (Phi) is 6.49. The van der Waals surface area contributed by atoms with Gasteiger partial charge in [0.05, 0.1) is 37.3 Å². The smallest absolute Gasteiger partial charge is 0.182 e. The van der Waals surface area contributed by atoms with Crippen LogP contribution in [-0.4, -0.2) is 49.5 Å². The van der Waals surface area contributed by atoms with Gasteiger partial charge in [-0.05, 0) is 51.0 Å². The lowest BCUT2D eigenvalue weighted by molar-refractivity contribution is -0.0933. The van der Waals surface area contributed by atoms with E-state index >= 15 is 0 Å². The molecule has 1 atom stereocenters. The van der Waals surface area contributed by atoms with E-state index in [0.29, 0.717) is 47.5 Å². The first kappa shape index (κ1) is 22.8. The molecular formula is C24H24ClFN6O2. The van der Waals surface area contributed by atoms with Gasteiger partial charge in [-0.2, -0.15) is 5.10 Å². The Bertz CT molecular complexity index is 1310. The molecule has 6 rings (SSSR count). The molecule has 1 aromatic carbocycles. The molecule has 0 N–H and O–H groups in total. The molecule has 176 valence electrons. The van der Waals surface area contributed by atoms with E-state index in [1.54, 1.807) is 12.1 Å². The first-order valence-electron chi connectivity index (χ1n) is 11.2. The third-order valence-corrected chi connectivity index (χ3v) is 5.93. The van der Waals surface area contributed by atoms with E-state index in [-0.39, 0.29) is 5.56 Å². The van der Waals surface area contributed by atoms with Crippen LogP contribution in [-0.2, 0) is 9.47 Å². The van der Waals surface area contributed by atoms with Crippen LogP contribution < -0.4 is 0 Å². The molecule has 2 fully saturated rings. The highest BCUT2D eigenvalue weighted by Gasteiger charge is 2.24. The lowest BCUT2D eigenvalue weighted by Crippen LogP contribution is -2.24. The lowest BCUT2D eigenvalue weighted by Gasteiger charge is -2.22. The van der Waals surface area contributed by atoms with E-state index in [0.717, 1.165) is 17.4 Å². The van der Waals surface area contributed by atoms with Crippen molar-refractivity contribution in [3.05, 3.63) is 64.7 Å². The summed E-state index contributed by atoms with van der Waals surface area (Å²) in [5.41, 5.74) is 2.99. The Hall–Kier alpha value is -3.01. The van der Waals surface area contributed by atoms with Crippen LogP contribution in [0.2, 0.25) is 5.02 Å². The fourth-order valence-electron chi connectivity index (χ4n) is 3.61. The molecule has 34 heavy (non-hydrogen) atoms. The molecule has 2 aliphatic rings. The number of hydrogen-bond acceptors (Lipinski definition) is 7. The minimum atomic E-state index is -0.482. The molecule has 1 aliphatic heterocycles. The number of hydrogen-bond donors (Lipinski definition) is 0. The van der Waals surface area contributed by atoms with Gasteiger partial charge in [-0.3, -0.25) is 4.68 Å². The van der Waals surface area contributed by atoms with Crippen molar-refractivity contribution < 1.29 is 13.9 Å². The fourth-order valence-corrected chi connectivity index (χ4v) is 3.77. The highest BCUT2D eigenvalue weighted by atomic mass is 35.5. The Labute approximate surface area is 201 Å². The van der Waals surface area contributed by atoms with Gasteiger partial charge in [-0.15, -0.1) is 0 Å². The Morgan fingerprint density at radius 1 is 1.06 bits per heavy atom. The van der Waals surface area contributed by atoms with Gasteiger partial charge in [0.2, 0.25) is 0 Å². The number of benzene rings is 1. The molecular weight excluding hydrogens is 459 g/mol. The molecule has 3 aromatic heterocycles. The average Bonchev–Trinajstić information content (AvgIpc) is 3.54. The van der Waals surface area contributed by atoms with E-state index < -0.39 is 11.9 Å². The zero-order valence-electron chi connectivity index (χ0n) is 18.9. The zero-order valence-corrected chi connectivity index (χ0v) is 19.7. The Morgan fingerprint density at radius 3 is 2.56 bits per heavy atom. The highest BCUT2D eigenvalue weighted by molar-refractivity contribution is 6.30. The molecule has 4 heterocycles. The molecule has 1 saturated carbocycles. The Balaban J connectivity index is 0.000000252. The van der Waals surface area contributed by atoms with E-state index in [9.17, 15) is 4.39 Å². The molecule has 1 aliphatic carbocycles. The maximum atomic E-state index is 14.6. The minimum absolute atomic E-state index is 0.289. The van der Waals surface area contributed by atoms with Crippen molar-refractivity contribution in [2.75, 3.05) is 19.8 Å².